The molecule has 1 aromatic carbocycles. The van der Waals surface area contributed by atoms with E-state index < -0.39 is 17.5 Å². The number of alkyl halides is 3. The molecule has 0 saturated carbocycles. The third-order valence-electron chi connectivity index (χ3n) is 4.19. The summed E-state index contributed by atoms with van der Waals surface area (Å²) in [6, 6.07) is 9.02. The monoisotopic (exact) mass is 257 g/mol. The molecule has 1 heterocycles. The Morgan fingerprint density at radius 1 is 1.11 bits per heavy atom. The SMILES string of the molecule is C[C@@H](c1ccccc1)C1(C(F)(F)F)CCNCC1. The molecule has 1 aliphatic heterocycles. The Morgan fingerprint density at radius 2 is 1.67 bits per heavy atom. The summed E-state index contributed by atoms with van der Waals surface area (Å²) >= 11 is 0. The second-order valence-electron chi connectivity index (χ2n) is 5.04. The van der Waals surface area contributed by atoms with Crippen LogP contribution in [0.3, 0.4) is 0 Å². The molecule has 1 fully saturated rings. The second-order valence-corrected chi connectivity index (χ2v) is 5.04. The van der Waals surface area contributed by atoms with Crippen LogP contribution in [0, 0.1) is 5.41 Å². The number of piperidine rings is 1. The quantitative estimate of drug-likeness (QED) is 0.851. The Labute approximate surface area is 105 Å². The van der Waals surface area contributed by atoms with Crippen LogP contribution < -0.4 is 5.32 Å². The first-order valence-electron chi connectivity index (χ1n) is 6.30. The van der Waals surface area contributed by atoms with Gasteiger partial charge in [0.05, 0.1) is 5.41 Å². The van der Waals surface area contributed by atoms with Crippen LogP contribution in [0.5, 0.6) is 0 Å². The van der Waals surface area contributed by atoms with Crippen LogP contribution in [0.15, 0.2) is 30.3 Å². The summed E-state index contributed by atoms with van der Waals surface area (Å²) in [4.78, 5) is 0. The maximum Gasteiger partial charge on any atom is 0.395 e. The molecule has 1 atom stereocenters. The molecule has 0 unspecified atom stereocenters. The van der Waals surface area contributed by atoms with Gasteiger partial charge in [-0.3, -0.25) is 0 Å². The van der Waals surface area contributed by atoms with Gasteiger partial charge < -0.3 is 5.32 Å². The van der Waals surface area contributed by atoms with Crippen molar-refractivity contribution in [1.82, 2.24) is 5.32 Å². The molecule has 1 nitrogen and oxygen atoms in total. The number of hydrogen-bond acceptors (Lipinski definition) is 1. The van der Waals surface area contributed by atoms with Gasteiger partial charge in [-0.1, -0.05) is 37.3 Å². The second kappa shape index (κ2) is 4.92. The van der Waals surface area contributed by atoms with E-state index >= 15 is 0 Å². The molecule has 0 aliphatic carbocycles. The molecule has 1 aliphatic rings. The summed E-state index contributed by atoms with van der Waals surface area (Å²) in [5, 5.41) is 3.02. The smallest absolute Gasteiger partial charge is 0.317 e. The molecule has 0 aromatic heterocycles. The van der Waals surface area contributed by atoms with Crippen LogP contribution in [0.2, 0.25) is 0 Å². The largest absolute Gasteiger partial charge is 0.395 e. The zero-order valence-corrected chi connectivity index (χ0v) is 10.4. The Balaban J connectivity index is 2.35. The maximum atomic E-state index is 13.5. The first-order chi connectivity index (χ1) is 8.47. The van der Waals surface area contributed by atoms with Crippen molar-refractivity contribution in [2.45, 2.75) is 31.9 Å². The number of nitrogens with one attached hydrogen (secondary N) is 1. The molecule has 0 bridgehead atoms. The molecule has 4 heteroatoms. The molecule has 18 heavy (non-hydrogen) atoms. The lowest BCUT2D eigenvalue weighted by molar-refractivity contribution is -0.240. The van der Waals surface area contributed by atoms with Gasteiger partial charge in [0.25, 0.3) is 0 Å². The summed E-state index contributed by atoms with van der Waals surface area (Å²) in [6.45, 7) is 2.58. The highest BCUT2D eigenvalue weighted by Gasteiger charge is 2.57. The highest BCUT2D eigenvalue weighted by Crippen LogP contribution is 2.53. The minimum Gasteiger partial charge on any atom is -0.317 e. The third-order valence-corrected chi connectivity index (χ3v) is 4.19. The Morgan fingerprint density at radius 3 is 2.17 bits per heavy atom. The molecule has 1 N–H and O–H groups in total. The summed E-state index contributed by atoms with van der Waals surface area (Å²) < 4.78 is 40.5. The Kier molecular flexibility index (Phi) is 3.66. The van der Waals surface area contributed by atoms with Gasteiger partial charge >= 0.3 is 6.18 Å². The lowest BCUT2D eigenvalue weighted by atomic mass is 9.66. The molecule has 1 aromatic rings. The van der Waals surface area contributed by atoms with E-state index in [0.717, 1.165) is 5.56 Å². The Bertz CT molecular complexity index is 380. The van der Waals surface area contributed by atoms with E-state index in [0.29, 0.717) is 13.1 Å². The fraction of sp³-hybridized carbons (Fsp3) is 0.571. The highest BCUT2D eigenvalue weighted by molar-refractivity contribution is 5.22. The van der Waals surface area contributed by atoms with Gasteiger partial charge in [0.1, 0.15) is 0 Å². The maximum absolute atomic E-state index is 13.5. The van der Waals surface area contributed by atoms with Crippen LogP contribution in [0.25, 0.3) is 0 Å². The first-order valence-corrected chi connectivity index (χ1v) is 6.30. The molecule has 2 rings (SSSR count). The average molecular weight is 257 g/mol. The van der Waals surface area contributed by atoms with Crippen LogP contribution in [-0.4, -0.2) is 19.3 Å². The van der Waals surface area contributed by atoms with Crippen molar-refractivity contribution in [2.75, 3.05) is 13.1 Å². The molecular formula is C14H18F3N. The molecule has 1 saturated heterocycles. The molecule has 0 spiro atoms. The minimum atomic E-state index is -4.15. The van der Waals surface area contributed by atoms with Crippen molar-refractivity contribution in [2.24, 2.45) is 5.41 Å². The number of benzene rings is 1. The Hall–Kier alpha value is -1.03. The standard InChI is InChI=1S/C14H18F3N/c1-11(12-5-3-2-4-6-12)13(14(15,16)17)7-9-18-10-8-13/h2-6,11,18H,7-10H2,1H3/t11-/m0/s1. The molecular weight excluding hydrogens is 239 g/mol. The summed E-state index contributed by atoms with van der Waals surface area (Å²) in [5.41, 5.74) is -0.809. The van der Waals surface area contributed by atoms with Crippen LogP contribution in [0.4, 0.5) is 13.2 Å². The zero-order chi connectivity index (χ0) is 13.2. The van der Waals surface area contributed by atoms with Gasteiger partial charge in [-0.2, -0.15) is 13.2 Å². The fourth-order valence-corrected chi connectivity index (χ4v) is 2.90. The van der Waals surface area contributed by atoms with Crippen molar-refractivity contribution >= 4 is 0 Å². The van der Waals surface area contributed by atoms with E-state index in [-0.39, 0.29) is 12.8 Å². The zero-order valence-electron chi connectivity index (χ0n) is 10.4. The molecule has 0 radical (unpaired) electrons. The topological polar surface area (TPSA) is 12.0 Å². The van der Waals surface area contributed by atoms with Crippen molar-refractivity contribution in [1.29, 1.82) is 0 Å². The fourth-order valence-electron chi connectivity index (χ4n) is 2.90. The molecule has 0 amide bonds. The van der Waals surface area contributed by atoms with Crippen LogP contribution in [0.1, 0.15) is 31.2 Å². The first kappa shape index (κ1) is 13.4. The lowest BCUT2D eigenvalue weighted by Crippen LogP contribution is -2.49. The van der Waals surface area contributed by atoms with Crippen molar-refractivity contribution in [3.63, 3.8) is 0 Å². The summed E-state index contributed by atoms with van der Waals surface area (Å²) in [6.07, 6.45) is -3.83. The number of rotatable bonds is 2. The minimum absolute atomic E-state index is 0.159. The van der Waals surface area contributed by atoms with Gasteiger partial charge in [0, 0.05) is 0 Å². The van der Waals surface area contributed by atoms with Gasteiger partial charge in [0.15, 0.2) is 0 Å². The average Bonchev–Trinajstić information content (AvgIpc) is 2.38. The lowest BCUT2D eigenvalue weighted by Gasteiger charge is -2.43. The van der Waals surface area contributed by atoms with Crippen LogP contribution >= 0.6 is 0 Å². The van der Waals surface area contributed by atoms with E-state index in [1.54, 1.807) is 31.2 Å². The summed E-state index contributed by atoms with van der Waals surface area (Å²) in [5.74, 6) is -0.499. The van der Waals surface area contributed by atoms with Crippen molar-refractivity contribution < 1.29 is 13.2 Å². The third kappa shape index (κ3) is 2.26. The van der Waals surface area contributed by atoms with Gasteiger partial charge in [-0.15, -0.1) is 0 Å². The normalized spacial score (nSPS) is 21.6. The van der Waals surface area contributed by atoms with E-state index in [4.69, 9.17) is 0 Å². The van der Waals surface area contributed by atoms with Gasteiger partial charge in [-0.05, 0) is 37.4 Å². The predicted octanol–water partition coefficient (Wildman–Crippen LogP) is 3.72. The van der Waals surface area contributed by atoms with Crippen molar-refractivity contribution in [3.8, 4) is 0 Å². The number of hydrogen-bond donors (Lipinski definition) is 1. The van der Waals surface area contributed by atoms with E-state index in [9.17, 15) is 13.2 Å². The van der Waals surface area contributed by atoms with Gasteiger partial charge in [0.2, 0.25) is 0 Å². The molecule has 100 valence electrons. The van der Waals surface area contributed by atoms with Crippen LogP contribution in [-0.2, 0) is 0 Å². The highest BCUT2D eigenvalue weighted by atomic mass is 19.4. The van der Waals surface area contributed by atoms with E-state index in [1.807, 2.05) is 6.07 Å². The predicted molar refractivity (Wildman–Crippen MR) is 65.4 cm³/mol. The number of halogens is 3. The van der Waals surface area contributed by atoms with E-state index in [1.165, 1.54) is 0 Å². The van der Waals surface area contributed by atoms with E-state index in [2.05, 4.69) is 5.32 Å². The van der Waals surface area contributed by atoms with Crippen molar-refractivity contribution in [3.05, 3.63) is 35.9 Å². The van der Waals surface area contributed by atoms with Gasteiger partial charge in [-0.25, -0.2) is 0 Å². The summed E-state index contributed by atoms with van der Waals surface area (Å²) in [7, 11) is 0.